The molecule has 0 aliphatic carbocycles. The first kappa shape index (κ1) is 13.7. The van der Waals surface area contributed by atoms with Gasteiger partial charge in [0.1, 0.15) is 5.76 Å². The van der Waals surface area contributed by atoms with Crippen LogP contribution in [0.1, 0.15) is 12.2 Å². The van der Waals surface area contributed by atoms with E-state index in [-0.39, 0.29) is 0 Å². The van der Waals surface area contributed by atoms with E-state index in [1.807, 2.05) is 12.1 Å². The van der Waals surface area contributed by atoms with Crippen LogP contribution in [0.15, 0.2) is 21.2 Å². The Morgan fingerprint density at radius 2 is 2.19 bits per heavy atom. The second kappa shape index (κ2) is 8.75. The van der Waals surface area contributed by atoms with Gasteiger partial charge in [-0.05, 0) is 41.0 Å². The first-order valence-corrected chi connectivity index (χ1v) is 6.14. The second-order valence-electron chi connectivity index (χ2n) is 3.34. The Balaban J connectivity index is 1.88. The molecule has 0 unspecified atom stereocenters. The minimum absolute atomic E-state index is 0.661. The van der Waals surface area contributed by atoms with Gasteiger partial charge in [-0.15, -0.1) is 0 Å². The zero-order valence-electron chi connectivity index (χ0n) is 9.50. The monoisotopic (exact) mass is 291 g/mol. The molecule has 4 nitrogen and oxygen atoms in total. The summed E-state index contributed by atoms with van der Waals surface area (Å²) in [5.41, 5.74) is 0. The first-order valence-electron chi connectivity index (χ1n) is 5.34. The molecule has 1 aromatic heterocycles. The number of hydrogen-bond donors (Lipinski definition) is 1. The van der Waals surface area contributed by atoms with Gasteiger partial charge in [0, 0.05) is 13.7 Å². The summed E-state index contributed by atoms with van der Waals surface area (Å²) in [6, 6.07) is 3.84. The van der Waals surface area contributed by atoms with E-state index >= 15 is 0 Å². The van der Waals surface area contributed by atoms with E-state index in [9.17, 15) is 0 Å². The quantitative estimate of drug-likeness (QED) is 0.709. The van der Waals surface area contributed by atoms with Gasteiger partial charge in [-0.2, -0.15) is 0 Å². The second-order valence-corrected chi connectivity index (χ2v) is 4.12. The van der Waals surface area contributed by atoms with Crippen LogP contribution in [0.3, 0.4) is 0 Å². The average Bonchev–Trinajstić information content (AvgIpc) is 2.68. The summed E-state index contributed by atoms with van der Waals surface area (Å²) in [6.07, 6.45) is 0.992. The molecular weight excluding hydrogens is 274 g/mol. The molecule has 16 heavy (non-hydrogen) atoms. The Hall–Kier alpha value is -0.360. The predicted octanol–water partition coefficient (Wildman–Crippen LogP) is 2.18. The van der Waals surface area contributed by atoms with Gasteiger partial charge in [-0.25, -0.2) is 0 Å². The fraction of sp³-hybridized carbons (Fsp3) is 0.636. The SMILES string of the molecule is COCCOCCCNCc1ccc(Br)o1. The molecule has 0 spiro atoms. The Morgan fingerprint density at radius 3 is 2.88 bits per heavy atom. The normalized spacial score (nSPS) is 10.9. The highest BCUT2D eigenvalue weighted by Gasteiger charge is 1.97. The van der Waals surface area contributed by atoms with E-state index in [1.54, 1.807) is 7.11 Å². The van der Waals surface area contributed by atoms with Crippen LogP contribution in [0.2, 0.25) is 0 Å². The van der Waals surface area contributed by atoms with Crippen molar-refractivity contribution >= 4 is 15.9 Å². The molecule has 0 aromatic carbocycles. The van der Waals surface area contributed by atoms with E-state index < -0.39 is 0 Å². The third-order valence-electron chi connectivity index (χ3n) is 2.00. The molecule has 0 fully saturated rings. The van der Waals surface area contributed by atoms with Crippen LogP contribution in [-0.4, -0.2) is 33.5 Å². The molecule has 0 saturated heterocycles. The van der Waals surface area contributed by atoms with Crippen molar-refractivity contribution in [3.63, 3.8) is 0 Å². The van der Waals surface area contributed by atoms with Crippen LogP contribution in [-0.2, 0) is 16.0 Å². The van der Waals surface area contributed by atoms with Crippen molar-refractivity contribution in [1.82, 2.24) is 5.32 Å². The van der Waals surface area contributed by atoms with Crippen LogP contribution < -0.4 is 5.32 Å². The van der Waals surface area contributed by atoms with Crippen LogP contribution in [0.5, 0.6) is 0 Å². The Bertz CT molecular complexity index is 278. The summed E-state index contributed by atoms with van der Waals surface area (Å²) >= 11 is 3.26. The maximum absolute atomic E-state index is 5.35. The largest absolute Gasteiger partial charge is 0.453 e. The standard InChI is InChI=1S/C11H18BrNO3/c1-14-7-8-15-6-2-5-13-9-10-3-4-11(12)16-10/h3-4,13H,2,5-9H2,1H3. The lowest BCUT2D eigenvalue weighted by atomic mass is 10.4. The Labute approximate surface area is 104 Å². The summed E-state index contributed by atoms with van der Waals surface area (Å²) in [4.78, 5) is 0. The number of furan rings is 1. The topological polar surface area (TPSA) is 43.6 Å². The summed E-state index contributed by atoms with van der Waals surface area (Å²) in [6.45, 7) is 3.77. The van der Waals surface area contributed by atoms with Gasteiger partial charge in [-0.3, -0.25) is 0 Å². The third kappa shape index (κ3) is 6.27. The number of hydrogen-bond acceptors (Lipinski definition) is 4. The highest BCUT2D eigenvalue weighted by Crippen LogP contribution is 2.13. The number of ether oxygens (including phenoxy) is 2. The highest BCUT2D eigenvalue weighted by molar-refractivity contribution is 9.10. The average molecular weight is 292 g/mol. The fourth-order valence-corrected chi connectivity index (χ4v) is 1.54. The van der Waals surface area contributed by atoms with Crippen molar-refractivity contribution < 1.29 is 13.9 Å². The lowest BCUT2D eigenvalue weighted by molar-refractivity contribution is 0.0694. The molecule has 1 rings (SSSR count). The van der Waals surface area contributed by atoms with Crippen molar-refractivity contribution in [2.45, 2.75) is 13.0 Å². The molecular formula is C11H18BrNO3. The Kier molecular flexibility index (Phi) is 7.50. The first-order chi connectivity index (χ1) is 7.83. The minimum atomic E-state index is 0.661. The van der Waals surface area contributed by atoms with Crippen molar-refractivity contribution in [3.8, 4) is 0 Å². The van der Waals surface area contributed by atoms with Crippen molar-refractivity contribution in [3.05, 3.63) is 22.6 Å². The van der Waals surface area contributed by atoms with Gasteiger partial charge >= 0.3 is 0 Å². The van der Waals surface area contributed by atoms with E-state index in [4.69, 9.17) is 13.9 Å². The third-order valence-corrected chi connectivity index (χ3v) is 2.43. The van der Waals surface area contributed by atoms with E-state index in [0.717, 1.165) is 36.5 Å². The summed E-state index contributed by atoms with van der Waals surface area (Å²) in [7, 11) is 1.67. The number of nitrogens with one attached hydrogen (secondary N) is 1. The maximum Gasteiger partial charge on any atom is 0.169 e. The van der Waals surface area contributed by atoms with Crippen LogP contribution in [0, 0.1) is 0 Å². The lowest BCUT2D eigenvalue weighted by Gasteiger charge is -2.04. The zero-order valence-corrected chi connectivity index (χ0v) is 11.1. The minimum Gasteiger partial charge on any atom is -0.453 e. The summed E-state index contributed by atoms with van der Waals surface area (Å²) < 4.78 is 16.3. The molecule has 0 aliphatic rings. The lowest BCUT2D eigenvalue weighted by Crippen LogP contribution is -2.16. The van der Waals surface area contributed by atoms with Gasteiger partial charge in [-0.1, -0.05) is 0 Å². The van der Waals surface area contributed by atoms with E-state index in [1.165, 1.54) is 0 Å². The predicted molar refractivity (Wildman–Crippen MR) is 65.4 cm³/mol. The van der Waals surface area contributed by atoms with Crippen LogP contribution >= 0.6 is 15.9 Å². The van der Waals surface area contributed by atoms with Crippen molar-refractivity contribution in [1.29, 1.82) is 0 Å². The molecule has 0 radical (unpaired) electrons. The fourth-order valence-electron chi connectivity index (χ4n) is 1.20. The summed E-state index contributed by atoms with van der Waals surface area (Å²) in [5, 5.41) is 3.28. The number of halogens is 1. The molecule has 0 amide bonds. The van der Waals surface area contributed by atoms with E-state index in [0.29, 0.717) is 13.2 Å². The van der Waals surface area contributed by atoms with Gasteiger partial charge in [0.2, 0.25) is 0 Å². The molecule has 5 heteroatoms. The number of rotatable bonds is 9. The summed E-state index contributed by atoms with van der Waals surface area (Å²) in [5.74, 6) is 0.937. The molecule has 0 atom stereocenters. The maximum atomic E-state index is 5.35. The van der Waals surface area contributed by atoms with Crippen LogP contribution in [0.4, 0.5) is 0 Å². The molecule has 0 saturated carbocycles. The van der Waals surface area contributed by atoms with Gasteiger partial charge in [0.05, 0.1) is 19.8 Å². The van der Waals surface area contributed by atoms with Gasteiger partial charge in [0.25, 0.3) is 0 Å². The molecule has 1 N–H and O–H groups in total. The molecule has 1 heterocycles. The van der Waals surface area contributed by atoms with Gasteiger partial charge in [0.15, 0.2) is 4.67 Å². The van der Waals surface area contributed by atoms with Crippen molar-refractivity contribution in [2.24, 2.45) is 0 Å². The smallest absolute Gasteiger partial charge is 0.169 e. The molecule has 1 aromatic rings. The van der Waals surface area contributed by atoms with E-state index in [2.05, 4.69) is 21.2 Å². The molecule has 0 aliphatic heterocycles. The molecule has 0 bridgehead atoms. The van der Waals surface area contributed by atoms with Gasteiger partial charge < -0.3 is 19.2 Å². The highest BCUT2D eigenvalue weighted by atomic mass is 79.9. The van der Waals surface area contributed by atoms with Crippen molar-refractivity contribution in [2.75, 3.05) is 33.5 Å². The Morgan fingerprint density at radius 1 is 1.31 bits per heavy atom. The van der Waals surface area contributed by atoms with Crippen LogP contribution in [0.25, 0.3) is 0 Å². The zero-order chi connectivity index (χ0) is 11.6. The molecule has 92 valence electrons. The number of methoxy groups -OCH3 is 1.